The molecule has 0 unspecified atom stereocenters. The lowest BCUT2D eigenvalue weighted by Crippen LogP contribution is -2.13. The maximum atomic E-state index is 13.0. The lowest BCUT2D eigenvalue weighted by molar-refractivity contribution is -0.116. The second-order valence-electron chi connectivity index (χ2n) is 8.50. The van der Waals surface area contributed by atoms with Gasteiger partial charge in [-0.05, 0) is 61.1 Å². The lowest BCUT2D eigenvalue weighted by atomic mass is 10.2. The summed E-state index contributed by atoms with van der Waals surface area (Å²) < 4.78 is 20.7. The molecule has 0 spiro atoms. The van der Waals surface area contributed by atoms with Crippen LogP contribution in [-0.2, 0) is 17.9 Å². The molecule has 0 saturated heterocycles. The summed E-state index contributed by atoms with van der Waals surface area (Å²) in [5.41, 5.74) is 3.52. The highest BCUT2D eigenvalue weighted by Crippen LogP contribution is 2.32. The van der Waals surface area contributed by atoms with Gasteiger partial charge in [-0.1, -0.05) is 12.1 Å². The number of ether oxygens (including phenoxy) is 1. The summed E-state index contributed by atoms with van der Waals surface area (Å²) in [4.78, 5) is 21.0. The second-order valence-corrected chi connectivity index (χ2v) is 8.50. The van der Waals surface area contributed by atoms with Crippen LogP contribution in [0.5, 0.6) is 5.88 Å². The van der Waals surface area contributed by atoms with Crippen LogP contribution in [0.15, 0.2) is 55.0 Å². The smallest absolute Gasteiger partial charge is 0.225 e. The van der Waals surface area contributed by atoms with Crippen molar-refractivity contribution in [2.45, 2.75) is 39.3 Å². The molecule has 1 aliphatic rings. The minimum absolute atomic E-state index is 0.00120. The summed E-state index contributed by atoms with van der Waals surface area (Å²) in [5.74, 6) is 1.33. The third-order valence-electron chi connectivity index (χ3n) is 5.63. The van der Waals surface area contributed by atoms with Gasteiger partial charge in [0.25, 0.3) is 0 Å². The molecule has 7 nitrogen and oxygen atoms in total. The topological polar surface area (TPSA) is 81.9 Å². The van der Waals surface area contributed by atoms with Gasteiger partial charge in [0.05, 0.1) is 17.4 Å². The van der Waals surface area contributed by atoms with Crippen molar-refractivity contribution in [3.05, 3.63) is 77.5 Å². The van der Waals surface area contributed by atoms with E-state index >= 15 is 0 Å². The van der Waals surface area contributed by atoms with Crippen LogP contribution in [0.25, 0.3) is 10.9 Å². The predicted octanol–water partition coefficient (Wildman–Crippen LogP) is 4.64. The molecular formula is C25H24FN5O2. The largest absolute Gasteiger partial charge is 0.473 e. The number of halogens is 1. The first-order valence-electron chi connectivity index (χ1n) is 11.0. The molecule has 33 heavy (non-hydrogen) atoms. The Hall–Kier alpha value is -3.81. The quantitative estimate of drug-likeness (QED) is 0.427. The number of hydrogen-bond donors (Lipinski definition) is 1. The van der Waals surface area contributed by atoms with Crippen LogP contribution in [0, 0.1) is 18.7 Å². The third kappa shape index (κ3) is 5.16. The van der Waals surface area contributed by atoms with Gasteiger partial charge in [-0.25, -0.2) is 14.4 Å². The van der Waals surface area contributed by atoms with E-state index in [9.17, 15) is 9.18 Å². The van der Waals surface area contributed by atoms with Gasteiger partial charge in [0.2, 0.25) is 11.8 Å². The van der Waals surface area contributed by atoms with E-state index in [1.165, 1.54) is 12.1 Å². The molecule has 5 rings (SSSR count). The SMILES string of the molecule is Cc1cc(Cn2cc3c(NC(=O)CC4CC4)nccc3n2)cnc1OCc1ccc(F)cc1. The molecule has 1 fully saturated rings. The van der Waals surface area contributed by atoms with E-state index in [0.717, 1.165) is 40.4 Å². The Balaban J connectivity index is 1.27. The molecule has 1 aliphatic carbocycles. The van der Waals surface area contributed by atoms with Gasteiger partial charge in [0.15, 0.2) is 0 Å². The van der Waals surface area contributed by atoms with Gasteiger partial charge >= 0.3 is 0 Å². The standard InChI is InChI=1S/C25H24FN5O2/c1-16-10-19(12-28-25(16)33-15-18-4-6-20(26)7-5-18)13-31-14-21-22(30-31)8-9-27-24(21)29-23(32)11-17-2-3-17/h4-10,12,14,17H,2-3,11,13,15H2,1H3,(H,27,29,32). The molecule has 0 aliphatic heterocycles. The Morgan fingerprint density at radius 3 is 2.76 bits per heavy atom. The van der Waals surface area contributed by atoms with Gasteiger partial charge in [0, 0.05) is 30.6 Å². The highest BCUT2D eigenvalue weighted by Gasteiger charge is 2.24. The van der Waals surface area contributed by atoms with Crippen molar-refractivity contribution in [2.24, 2.45) is 5.92 Å². The monoisotopic (exact) mass is 445 g/mol. The van der Waals surface area contributed by atoms with Gasteiger partial charge in [-0.2, -0.15) is 5.10 Å². The highest BCUT2D eigenvalue weighted by molar-refractivity contribution is 5.99. The molecule has 0 atom stereocenters. The van der Waals surface area contributed by atoms with Crippen molar-refractivity contribution in [2.75, 3.05) is 5.32 Å². The number of aryl methyl sites for hydroxylation is 1. The van der Waals surface area contributed by atoms with Crippen molar-refractivity contribution in [1.29, 1.82) is 0 Å². The fraction of sp³-hybridized carbons (Fsp3) is 0.280. The maximum Gasteiger partial charge on any atom is 0.225 e. The average molecular weight is 445 g/mol. The first-order valence-corrected chi connectivity index (χ1v) is 11.0. The van der Waals surface area contributed by atoms with Gasteiger partial charge in [-0.3, -0.25) is 9.48 Å². The molecule has 168 valence electrons. The minimum atomic E-state index is -0.271. The van der Waals surface area contributed by atoms with Crippen LogP contribution in [0.1, 0.15) is 36.0 Å². The molecule has 3 aromatic heterocycles. The number of aromatic nitrogens is 4. The van der Waals surface area contributed by atoms with E-state index in [2.05, 4.69) is 20.4 Å². The average Bonchev–Trinajstić information content (AvgIpc) is 3.50. The molecule has 1 aromatic carbocycles. The van der Waals surface area contributed by atoms with E-state index in [4.69, 9.17) is 4.74 Å². The molecule has 1 amide bonds. The lowest BCUT2D eigenvalue weighted by Gasteiger charge is -2.10. The number of fused-ring (bicyclic) bond motifs is 1. The summed E-state index contributed by atoms with van der Waals surface area (Å²) >= 11 is 0. The number of carbonyl (C=O) groups is 1. The highest BCUT2D eigenvalue weighted by atomic mass is 19.1. The zero-order chi connectivity index (χ0) is 22.8. The number of anilines is 1. The summed E-state index contributed by atoms with van der Waals surface area (Å²) in [5, 5.41) is 8.36. The first-order chi connectivity index (χ1) is 16.0. The van der Waals surface area contributed by atoms with E-state index in [0.29, 0.717) is 37.2 Å². The molecule has 0 radical (unpaired) electrons. The van der Waals surface area contributed by atoms with Gasteiger partial charge < -0.3 is 10.1 Å². The molecular weight excluding hydrogens is 421 g/mol. The van der Waals surface area contributed by atoms with Crippen LogP contribution in [0.3, 0.4) is 0 Å². The van der Waals surface area contributed by atoms with E-state index < -0.39 is 0 Å². The number of amides is 1. The van der Waals surface area contributed by atoms with Gasteiger partial charge in [0.1, 0.15) is 18.2 Å². The Kier molecular flexibility index (Phi) is 5.73. The van der Waals surface area contributed by atoms with Crippen LogP contribution < -0.4 is 10.1 Å². The molecule has 3 heterocycles. The molecule has 1 N–H and O–H groups in total. The number of nitrogens with one attached hydrogen (secondary N) is 1. The van der Waals surface area contributed by atoms with Crippen molar-refractivity contribution < 1.29 is 13.9 Å². The number of carbonyl (C=O) groups excluding carboxylic acids is 1. The fourth-order valence-electron chi connectivity index (χ4n) is 3.72. The number of hydrogen-bond acceptors (Lipinski definition) is 5. The number of pyridine rings is 2. The van der Waals surface area contributed by atoms with Crippen LogP contribution in [0.4, 0.5) is 10.2 Å². The Labute approximate surface area is 190 Å². The molecule has 0 bridgehead atoms. The Morgan fingerprint density at radius 1 is 1.18 bits per heavy atom. The maximum absolute atomic E-state index is 13.0. The van der Waals surface area contributed by atoms with Crippen LogP contribution in [0.2, 0.25) is 0 Å². The summed E-state index contributed by atoms with van der Waals surface area (Å²) in [6.45, 7) is 2.78. The summed E-state index contributed by atoms with van der Waals surface area (Å²) in [7, 11) is 0. The third-order valence-corrected chi connectivity index (χ3v) is 5.63. The molecule has 1 saturated carbocycles. The molecule has 8 heteroatoms. The number of nitrogens with zero attached hydrogens (tertiary/aromatic N) is 4. The van der Waals surface area contributed by atoms with Crippen molar-refractivity contribution in [3.8, 4) is 5.88 Å². The minimum Gasteiger partial charge on any atom is -0.473 e. The predicted molar refractivity (Wildman–Crippen MR) is 122 cm³/mol. The van der Waals surface area contributed by atoms with Crippen LogP contribution in [-0.4, -0.2) is 25.7 Å². The Morgan fingerprint density at radius 2 is 2.00 bits per heavy atom. The van der Waals surface area contributed by atoms with E-state index in [-0.39, 0.29) is 11.7 Å². The van der Waals surface area contributed by atoms with E-state index in [1.54, 1.807) is 24.5 Å². The number of rotatable bonds is 8. The normalized spacial score (nSPS) is 13.3. The Bertz CT molecular complexity index is 1300. The van der Waals surface area contributed by atoms with Gasteiger partial charge in [-0.15, -0.1) is 0 Å². The van der Waals surface area contributed by atoms with Crippen molar-refractivity contribution in [1.82, 2.24) is 19.7 Å². The number of benzene rings is 1. The van der Waals surface area contributed by atoms with E-state index in [1.807, 2.05) is 29.9 Å². The summed E-state index contributed by atoms with van der Waals surface area (Å²) in [6.07, 6.45) is 8.12. The zero-order valence-electron chi connectivity index (χ0n) is 18.3. The second kappa shape index (κ2) is 8.97. The first kappa shape index (κ1) is 21.1. The summed E-state index contributed by atoms with van der Waals surface area (Å²) in [6, 6.07) is 10.1. The zero-order valence-corrected chi connectivity index (χ0v) is 18.3. The van der Waals surface area contributed by atoms with Crippen LogP contribution >= 0.6 is 0 Å². The van der Waals surface area contributed by atoms with Crippen molar-refractivity contribution in [3.63, 3.8) is 0 Å². The van der Waals surface area contributed by atoms with Crippen molar-refractivity contribution >= 4 is 22.6 Å². The molecule has 4 aromatic rings. The fourth-order valence-corrected chi connectivity index (χ4v) is 3.72.